The van der Waals surface area contributed by atoms with Crippen LogP contribution in [-0.2, 0) is 11.3 Å². The van der Waals surface area contributed by atoms with E-state index in [2.05, 4.69) is 23.1 Å². The fourth-order valence-electron chi connectivity index (χ4n) is 3.51. The molecule has 1 amide bonds. The molecule has 0 radical (unpaired) electrons. The van der Waals surface area contributed by atoms with Crippen molar-refractivity contribution >= 4 is 5.91 Å². The monoisotopic (exact) mass is 255 g/mol. The number of carbonyl (C=O) groups is 1. The molecular formula is C17H21NO. The van der Waals surface area contributed by atoms with Gasteiger partial charge in [0.05, 0.1) is 0 Å². The van der Waals surface area contributed by atoms with Gasteiger partial charge in [0.15, 0.2) is 0 Å². The van der Waals surface area contributed by atoms with Crippen molar-refractivity contribution in [3.63, 3.8) is 0 Å². The van der Waals surface area contributed by atoms with Crippen LogP contribution in [0.25, 0.3) is 0 Å². The summed E-state index contributed by atoms with van der Waals surface area (Å²) in [5, 5.41) is 0. The summed E-state index contributed by atoms with van der Waals surface area (Å²) in [4.78, 5) is 14.4. The lowest BCUT2D eigenvalue weighted by atomic mass is 9.76. The molecule has 0 N–H and O–H groups in total. The summed E-state index contributed by atoms with van der Waals surface area (Å²) in [7, 11) is 0. The van der Waals surface area contributed by atoms with E-state index < -0.39 is 0 Å². The Morgan fingerprint density at radius 3 is 2.53 bits per heavy atom. The Kier molecular flexibility index (Phi) is 3.41. The zero-order valence-electron chi connectivity index (χ0n) is 11.3. The summed E-state index contributed by atoms with van der Waals surface area (Å²) in [5.41, 5.74) is 1.33. The summed E-state index contributed by atoms with van der Waals surface area (Å²) in [6.07, 6.45) is 11.0. The molecular weight excluding hydrogens is 234 g/mol. The largest absolute Gasteiger partial charge is 0.329 e. The molecule has 1 aromatic rings. The van der Waals surface area contributed by atoms with Crippen molar-refractivity contribution in [2.24, 2.45) is 0 Å². The van der Waals surface area contributed by atoms with Crippen molar-refractivity contribution < 1.29 is 4.79 Å². The molecule has 1 aromatic carbocycles. The minimum absolute atomic E-state index is 0.0971. The van der Waals surface area contributed by atoms with Gasteiger partial charge >= 0.3 is 0 Å². The van der Waals surface area contributed by atoms with E-state index in [0.717, 1.165) is 25.8 Å². The molecule has 1 fully saturated rings. The Morgan fingerprint density at radius 1 is 1.05 bits per heavy atom. The second-order valence-electron chi connectivity index (χ2n) is 5.80. The Labute approximate surface area is 115 Å². The van der Waals surface area contributed by atoms with Crippen molar-refractivity contribution in [3.05, 3.63) is 48.0 Å². The molecule has 0 bridgehead atoms. The third-order valence-electron chi connectivity index (χ3n) is 4.56. The molecule has 0 unspecified atom stereocenters. The van der Waals surface area contributed by atoms with Crippen molar-refractivity contribution in [2.45, 2.75) is 50.6 Å². The molecule has 19 heavy (non-hydrogen) atoms. The maximum atomic E-state index is 12.3. The van der Waals surface area contributed by atoms with E-state index in [-0.39, 0.29) is 11.4 Å². The molecule has 100 valence electrons. The zero-order chi connectivity index (χ0) is 13.1. The van der Waals surface area contributed by atoms with Crippen LogP contribution in [0.4, 0.5) is 0 Å². The number of hydrogen-bond acceptors (Lipinski definition) is 1. The van der Waals surface area contributed by atoms with Crippen LogP contribution in [0.2, 0.25) is 0 Å². The summed E-state index contributed by atoms with van der Waals surface area (Å²) in [6, 6.07) is 10.3. The molecule has 1 aliphatic heterocycles. The van der Waals surface area contributed by atoms with Gasteiger partial charge in [-0.3, -0.25) is 4.79 Å². The highest BCUT2D eigenvalue weighted by molar-refractivity contribution is 5.89. The Morgan fingerprint density at radius 2 is 1.79 bits per heavy atom. The summed E-state index contributed by atoms with van der Waals surface area (Å²) >= 11 is 0. The van der Waals surface area contributed by atoms with E-state index in [1.165, 1.54) is 24.8 Å². The molecule has 0 atom stereocenters. The lowest BCUT2D eigenvalue weighted by Crippen LogP contribution is -2.53. The number of hydrogen-bond donors (Lipinski definition) is 0. The van der Waals surface area contributed by atoms with Crippen LogP contribution < -0.4 is 0 Å². The first-order valence-electron chi connectivity index (χ1n) is 7.32. The van der Waals surface area contributed by atoms with Gasteiger partial charge in [0, 0.05) is 12.1 Å². The van der Waals surface area contributed by atoms with Gasteiger partial charge in [-0.05, 0) is 30.9 Å². The number of nitrogens with zero attached hydrogens (tertiary/aromatic N) is 1. The van der Waals surface area contributed by atoms with Crippen molar-refractivity contribution in [3.8, 4) is 0 Å². The number of amides is 1. The van der Waals surface area contributed by atoms with Crippen molar-refractivity contribution in [2.75, 3.05) is 0 Å². The quantitative estimate of drug-likeness (QED) is 0.789. The van der Waals surface area contributed by atoms with Gasteiger partial charge in [-0.25, -0.2) is 0 Å². The number of rotatable bonds is 2. The Bertz CT molecular complexity index is 471. The smallest absolute Gasteiger partial charge is 0.247 e. The van der Waals surface area contributed by atoms with Crippen LogP contribution in [0.15, 0.2) is 42.5 Å². The first kappa shape index (κ1) is 12.5. The maximum Gasteiger partial charge on any atom is 0.247 e. The topological polar surface area (TPSA) is 20.3 Å². The Hall–Kier alpha value is -1.57. The highest BCUT2D eigenvalue weighted by atomic mass is 16.2. The molecule has 2 aliphatic rings. The normalized spacial score (nSPS) is 21.9. The van der Waals surface area contributed by atoms with Crippen LogP contribution in [-0.4, -0.2) is 16.3 Å². The van der Waals surface area contributed by atoms with Crippen LogP contribution >= 0.6 is 0 Å². The van der Waals surface area contributed by atoms with Crippen LogP contribution in [0, 0.1) is 0 Å². The van der Waals surface area contributed by atoms with Crippen molar-refractivity contribution in [1.29, 1.82) is 0 Å². The summed E-state index contributed by atoms with van der Waals surface area (Å²) in [5.74, 6) is 0.192. The lowest BCUT2D eigenvalue weighted by Gasteiger charge is -2.47. The van der Waals surface area contributed by atoms with E-state index in [1.807, 2.05) is 18.2 Å². The maximum absolute atomic E-state index is 12.3. The minimum Gasteiger partial charge on any atom is -0.329 e. The van der Waals surface area contributed by atoms with Gasteiger partial charge in [0.25, 0.3) is 0 Å². The molecule has 1 aliphatic carbocycles. The van der Waals surface area contributed by atoms with Crippen LogP contribution in [0.5, 0.6) is 0 Å². The predicted molar refractivity (Wildman–Crippen MR) is 76.6 cm³/mol. The highest BCUT2D eigenvalue weighted by Gasteiger charge is 2.40. The summed E-state index contributed by atoms with van der Waals surface area (Å²) in [6.45, 7) is 0.754. The molecule has 1 heterocycles. The van der Waals surface area contributed by atoms with E-state index >= 15 is 0 Å². The van der Waals surface area contributed by atoms with Gasteiger partial charge in [0.1, 0.15) is 0 Å². The highest BCUT2D eigenvalue weighted by Crippen LogP contribution is 2.39. The average molecular weight is 255 g/mol. The van der Waals surface area contributed by atoms with Crippen molar-refractivity contribution in [1.82, 2.24) is 4.90 Å². The van der Waals surface area contributed by atoms with Gasteiger partial charge in [-0.1, -0.05) is 55.7 Å². The predicted octanol–water partition coefficient (Wildman–Crippen LogP) is 3.68. The third-order valence-corrected chi connectivity index (χ3v) is 4.56. The van der Waals surface area contributed by atoms with Crippen LogP contribution in [0.3, 0.4) is 0 Å². The Balaban J connectivity index is 1.86. The SMILES string of the molecule is O=C1C=CCC2(CCCCC2)N1Cc1ccccc1. The van der Waals surface area contributed by atoms with Gasteiger partial charge < -0.3 is 4.90 Å². The molecule has 2 nitrogen and oxygen atoms in total. The molecule has 2 heteroatoms. The standard InChI is InChI=1S/C17H21NO/c19-16-10-7-13-17(11-5-2-6-12-17)18(16)14-15-8-3-1-4-9-15/h1,3-4,7-10H,2,5-6,11-14H2. The van der Waals surface area contributed by atoms with Gasteiger partial charge in [-0.15, -0.1) is 0 Å². The van der Waals surface area contributed by atoms with E-state index in [0.29, 0.717) is 0 Å². The number of carbonyl (C=O) groups excluding carboxylic acids is 1. The number of benzene rings is 1. The molecule has 0 saturated heterocycles. The molecule has 3 rings (SSSR count). The minimum atomic E-state index is 0.0971. The zero-order valence-corrected chi connectivity index (χ0v) is 11.3. The first-order chi connectivity index (χ1) is 9.30. The second kappa shape index (κ2) is 5.20. The molecule has 0 aromatic heterocycles. The third kappa shape index (κ3) is 2.44. The fourth-order valence-corrected chi connectivity index (χ4v) is 3.51. The first-order valence-corrected chi connectivity index (χ1v) is 7.32. The van der Waals surface area contributed by atoms with E-state index in [9.17, 15) is 4.79 Å². The van der Waals surface area contributed by atoms with E-state index in [4.69, 9.17) is 0 Å². The van der Waals surface area contributed by atoms with E-state index in [1.54, 1.807) is 6.08 Å². The molecule has 1 spiro atoms. The molecule has 1 saturated carbocycles. The second-order valence-corrected chi connectivity index (χ2v) is 5.80. The van der Waals surface area contributed by atoms with Crippen LogP contribution in [0.1, 0.15) is 44.1 Å². The van der Waals surface area contributed by atoms with Gasteiger partial charge in [0.2, 0.25) is 5.91 Å². The fraction of sp³-hybridized carbons (Fsp3) is 0.471. The summed E-state index contributed by atoms with van der Waals surface area (Å²) < 4.78 is 0. The van der Waals surface area contributed by atoms with Gasteiger partial charge in [-0.2, -0.15) is 0 Å². The average Bonchev–Trinajstić information content (AvgIpc) is 2.45. The lowest BCUT2D eigenvalue weighted by molar-refractivity contribution is -0.136.